The summed E-state index contributed by atoms with van der Waals surface area (Å²) in [7, 11) is 1.23. The maximum absolute atomic E-state index is 13.9. The normalized spacial score (nSPS) is 15.9. The van der Waals surface area contributed by atoms with Crippen molar-refractivity contribution in [1.82, 2.24) is 0 Å². The Balaban J connectivity index is 3.34. The molecule has 1 rings (SSSR count). The van der Waals surface area contributed by atoms with Gasteiger partial charge in [-0.3, -0.25) is 0 Å². The molecule has 0 spiro atoms. The Labute approximate surface area is 113 Å². The van der Waals surface area contributed by atoms with Crippen LogP contribution in [0.5, 0.6) is 0 Å². The summed E-state index contributed by atoms with van der Waals surface area (Å²) >= 11 is 0. The fraction of sp³-hybridized carbons (Fsp3) is 0.533. The molecule has 2 unspecified atom stereocenters. The van der Waals surface area contributed by atoms with Crippen molar-refractivity contribution >= 4 is 5.97 Å². The summed E-state index contributed by atoms with van der Waals surface area (Å²) in [6, 6.07) is 6.20. The number of hydrogen-bond donors (Lipinski definition) is 1. The van der Waals surface area contributed by atoms with E-state index in [9.17, 15) is 14.3 Å². The Bertz CT molecular complexity index is 445. The Kier molecular flexibility index (Phi) is 5.06. The second-order valence-corrected chi connectivity index (χ2v) is 4.95. The number of benzene rings is 1. The Morgan fingerprint density at radius 3 is 2.42 bits per heavy atom. The van der Waals surface area contributed by atoms with Gasteiger partial charge in [0.1, 0.15) is 5.82 Å². The summed E-state index contributed by atoms with van der Waals surface area (Å²) in [5.41, 5.74) is -1.39. The van der Waals surface area contributed by atoms with Crippen molar-refractivity contribution in [3.05, 3.63) is 35.6 Å². The second kappa shape index (κ2) is 6.15. The minimum atomic E-state index is -1.73. The minimum Gasteiger partial charge on any atom is -0.467 e. The fourth-order valence-electron chi connectivity index (χ4n) is 2.47. The molecule has 3 nitrogen and oxygen atoms in total. The largest absolute Gasteiger partial charge is 0.467 e. The molecule has 0 radical (unpaired) electrons. The summed E-state index contributed by atoms with van der Waals surface area (Å²) in [5, 5.41) is 10.8. The van der Waals surface area contributed by atoms with Crippen molar-refractivity contribution in [3.63, 3.8) is 0 Å². The molecule has 0 bridgehead atoms. The molecule has 0 heterocycles. The molecule has 0 aliphatic carbocycles. The molecular weight excluding hydrogens is 247 g/mol. The maximum atomic E-state index is 13.9. The number of hydrogen-bond acceptors (Lipinski definition) is 3. The first-order valence-corrected chi connectivity index (χ1v) is 6.44. The van der Waals surface area contributed by atoms with E-state index >= 15 is 0 Å². The van der Waals surface area contributed by atoms with Crippen molar-refractivity contribution in [2.75, 3.05) is 7.11 Å². The molecule has 0 aromatic heterocycles. The highest BCUT2D eigenvalue weighted by Gasteiger charge is 2.48. The van der Waals surface area contributed by atoms with E-state index in [0.29, 0.717) is 12.0 Å². The lowest BCUT2D eigenvalue weighted by molar-refractivity contribution is -0.171. The predicted octanol–water partition coefficient (Wildman–Crippen LogP) is 2.88. The van der Waals surface area contributed by atoms with Gasteiger partial charge in [-0.25, -0.2) is 9.18 Å². The van der Waals surface area contributed by atoms with E-state index in [1.807, 2.05) is 6.92 Å². The molecule has 0 saturated heterocycles. The third-order valence-corrected chi connectivity index (χ3v) is 3.61. The van der Waals surface area contributed by atoms with Crippen LogP contribution >= 0.6 is 0 Å². The molecule has 0 saturated carbocycles. The van der Waals surface area contributed by atoms with Gasteiger partial charge in [0.2, 0.25) is 0 Å². The zero-order chi connectivity index (χ0) is 14.6. The zero-order valence-electron chi connectivity index (χ0n) is 11.8. The third kappa shape index (κ3) is 2.78. The van der Waals surface area contributed by atoms with Crippen molar-refractivity contribution in [2.45, 2.75) is 38.7 Å². The monoisotopic (exact) mass is 268 g/mol. The Morgan fingerprint density at radius 1 is 1.42 bits per heavy atom. The number of halogens is 1. The predicted molar refractivity (Wildman–Crippen MR) is 71.2 cm³/mol. The number of methoxy groups -OCH3 is 1. The summed E-state index contributed by atoms with van der Waals surface area (Å²) in [5.74, 6) is -2.17. The maximum Gasteiger partial charge on any atom is 0.338 e. The van der Waals surface area contributed by atoms with Crippen LogP contribution in [0.1, 0.15) is 38.7 Å². The highest BCUT2D eigenvalue weighted by atomic mass is 19.1. The molecule has 4 heteroatoms. The van der Waals surface area contributed by atoms with Gasteiger partial charge in [0.05, 0.1) is 7.11 Å². The van der Waals surface area contributed by atoms with Crippen LogP contribution in [0.15, 0.2) is 24.3 Å². The van der Waals surface area contributed by atoms with Crippen LogP contribution in [0.3, 0.4) is 0 Å². The van der Waals surface area contributed by atoms with Gasteiger partial charge in [-0.05, 0) is 24.0 Å². The first kappa shape index (κ1) is 15.6. The lowest BCUT2D eigenvalue weighted by Gasteiger charge is -2.36. The van der Waals surface area contributed by atoms with Crippen LogP contribution in [-0.2, 0) is 9.53 Å². The molecule has 0 aliphatic heterocycles. The highest BCUT2D eigenvalue weighted by Crippen LogP contribution is 2.38. The van der Waals surface area contributed by atoms with Gasteiger partial charge in [0, 0.05) is 5.92 Å². The Morgan fingerprint density at radius 2 is 2.00 bits per heavy atom. The van der Waals surface area contributed by atoms with Gasteiger partial charge >= 0.3 is 5.97 Å². The van der Waals surface area contributed by atoms with Crippen LogP contribution < -0.4 is 0 Å². The van der Waals surface area contributed by atoms with Crippen molar-refractivity contribution < 1.29 is 19.0 Å². The van der Waals surface area contributed by atoms with E-state index in [1.54, 1.807) is 32.0 Å². The minimum absolute atomic E-state index is 0.339. The third-order valence-electron chi connectivity index (χ3n) is 3.61. The SMILES string of the molecule is CCC(c1ccccc1F)C(O)(C(=O)OC)C(C)C. The summed E-state index contributed by atoms with van der Waals surface area (Å²) in [4.78, 5) is 12.0. The number of rotatable bonds is 5. The number of aliphatic hydroxyl groups is 1. The van der Waals surface area contributed by atoms with Gasteiger partial charge in [-0.1, -0.05) is 39.0 Å². The zero-order valence-corrected chi connectivity index (χ0v) is 11.8. The van der Waals surface area contributed by atoms with Crippen molar-refractivity contribution in [2.24, 2.45) is 5.92 Å². The standard InChI is InChI=1S/C15H21FO3/c1-5-12(11-8-6-7-9-13(11)16)15(18,10(2)3)14(17)19-4/h6-10,12,18H,5H2,1-4H3. The molecular formula is C15H21FO3. The summed E-state index contributed by atoms with van der Waals surface area (Å²) in [6.45, 7) is 5.26. The molecule has 1 aromatic carbocycles. The van der Waals surface area contributed by atoms with E-state index in [4.69, 9.17) is 4.74 Å². The fourth-order valence-corrected chi connectivity index (χ4v) is 2.47. The van der Waals surface area contributed by atoms with E-state index in [2.05, 4.69) is 0 Å². The topological polar surface area (TPSA) is 46.5 Å². The van der Waals surface area contributed by atoms with Crippen LogP contribution in [0.2, 0.25) is 0 Å². The summed E-state index contributed by atoms with van der Waals surface area (Å²) in [6.07, 6.45) is 0.435. The van der Waals surface area contributed by atoms with E-state index in [1.165, 1.54) is 13.2 Å². The van der Waals surface area contributed by atoms with Crippen LogP contribution in [0, 0.1) is 11.7 Å². The highest BCUT2D eigenvalue weighted by molar-refractivity contribution is 5.81. The molecule has 2 atom stereocenters. The van der Waals surface area contributed by atoms with Gasteiger partial charge in [-0.2, -0.15) is 0 Å². The average molecular weight is 268 g/mol. The second-order valence-electron chi connectivity index (χ2n) is 4.95. The van der Waals surface area contributed by atoms with Crippen molar-refractivity contribution in [3.8, 4) is 0 Å². The quantitative estimate of drug-likeness (QED) is 0.835. The van der Waals surface area contributed by atoms with Crippen LogP contribution in [0.4, 0.5) is 4.39 Å². The molecule has 0 aliphatic rings. The first-order chi connectivity index (χ1) is 8.89. The number of ether oxygens (including phenoxy) is 1. The number of carbonyl (C=O) groups excluding carboxylic acids is 1. The average Bonchev–Trinajstić information content (AvgIpc) is 2.40. The first-order valence-electron chi connectivity index (χ1n) is 6.44. The van der Waals surface area contributed by atoms with Crippen LogP contribution in [0.25, 0.3) is 0 Å². The smallest absolute Gasteiger partial charge is 0.338 e. The van der Waals surface area contributed by atoms with E-state index in [0.717, 1.165) is 0 Å². The summed E-state index contributed by atoms with van der Waals surface area (Å²) < 4.78 is 18.6. The molecule has 106 valence electrons. The van der Waals surface area contributed by atoms with Gasteiger partial charge in [0.15, 0.2) is 5.60 Å². The van der Waals surface area contributed by atoms with Crippen molar-refractivity contribution in [1.29, 1.82) is 0 Å². The van der Waals surface area contributed by atoms with Crippen LogP contribution in [-0.4, -0.2) is 23.8 Å². The lowest BCUT2D eigenvalue weighted by Crippen LogP contribution is -2.50. The molecule has 0 amide bonds. The van der Waals surface area contributed by atoms with Gasteiger partial charge in [-0.15, -0.1) is 0 Å². The lowest BCUT2D eigenvalue weighted by atomic mass is 9.73. The molecule has 19 heavy (non-hydrogen) atoms. The molecule has 1 aromatic rings. The van der Waals surface area contributed by atoms with Gasteiger partial charge < -0.3 is 9.84 Å². The van der Waals surface area contributed by atoms with E-state index in [-0.39, 0.29) is 5.92 Å². The van der Waals surface area contributed by atoms with Gasteiger partial charge in [0.25, 0.3) is 0 Å². The molecule has 1 N–H and O–H groups in total. The Hall–Kier alpha value is -1.42. The molecule has 0 fully saturated rings. The number of carbonyl (C=O) groups is 1. The van der Waals surface area contributed by atoms with E-state index < -0.39 is 23.3 Å². The number of esters is 1.